The van der Waals surface area contributed by atoms with Crippen LogP contribution in [0.15, 0.2) is 54.9 Å². The Hall–Kier alpha value is -2.99. The van der Waals surface area contributed by atoms with Gasteiger partial charge >= 0.3 is 0 Å². The van der Waals surface area contributed by atoms with E-state index in [1.54, 1.807) is 20.5 Å². The normalized spacial score (nSPS) is 10.4. The van der Waals surface area contributed by atoms with Gasteiger partial charge in [0.25, 0.3) is 0 Å². The lowest BCUT2D eigenvalue weighted by atomic mass is 10.1. The van der Waals surface area contributed by atoms with E-state index >= 15 is 0 Å². The number of hydrogen-bond donors (Lipinski definition) is 2. The number of aromatic nitrogens is 2. The summed E-state index contributed by atoms with van der Waals surface area (Å²) in [5.41, 5.74) is 2.24. The quantitative estimate of drug-likeness (QED) is 0.556. The number of benzene rings is 2. The van der Waals surface area contributed by atoms with Crippen molar-refractivity contribution in [2.45, 2.75) is 13.0 Å². The molecular weight excluding hydrogens is 376 g/mol. The van der Waals surface area contributed by atoms with Crippen molar-refractivity contribution in [3.63, 3.8) is 0 Å². The predicted molar refractivity (Wildman–Crippen MR) is 113 cm³/mol. The van der Waals surface area contributed by atoms with E-state index < -0.39 is 0 Å². The fourth-order valence-corrected chi connectivity index (χ4v) is 2.97. The number of methoxy groups -OCH3 is 2. The minimum absolute atomic E-state index is 0.610. The maximum absolute atomic E-state index is 6.02. The zero-order valence-electron chi connectivity index (χ0n) is 15.9. The van der Waals surface area contributed by atoms with Gasteiger partial charge in [-0.15, -0.1) is 0 Å². The van der Waals surface area contributed by atoms with Crippen LogP contribution in [0.5, 0.6) is 11.5 Å². The summed E-state index contributed by atoms with van der Waals surface area (Å²) < 4.78 is 10.6. The third kappa shape index (κ3) is 5.50. The van der Waals surface area contributed by atoms with Crippen molar-refractivity contribution in [1.82, 2.24) is 9.97 Å². The summed E-state index contributed by atoms with van der Waals surface area (Å²) in [6.45, 7) is 1.37. The van der Waals surface area contributed by atoms with Crippen LogP contribution in [0.1, 0.15) is 11.1 Å². The first-order valence-electron chi connectivity index (χ1n) is 8.93. The zero-order chi connectivity index (χ0) is 19.8. The predicted octanol–water partition coefficient (Wildman–Crippen LogP) is 4.41. The first-order chi connectivity index (χ1) is 13.7. The largest absolute Gasteiger partial charge is 0.493 e. The molecule has 1 heterocycles. The minimum Gasteiger partial charge on any atom is -0.493 e. The molecule has 0 saturated heterocycles. The topological polar surface area (TPSA) is 68.3 Å². The molecule has 3 rings (SSSR count). The lowest BCUT2D eigenvalue weighted by Crippen LogP contribution is -2.08. The number of hydrogen-bond acceptors (Lipinski definition) is 6. The molecule has 0 aliphatic heterocycles. The fraction of sp³-hybridized carbons (Fsp3) is 0.238. The average Bonchev–Trinajstić information content (AvgIpc) is 2.72. The van der Waals surface area contributed by atoms with Crippen molar-refractivity contribution < 1.29 is 9.47 Å². The van der Waals surface area contributed by atoms with Gasteiger partial charge in [0.15, 0.2) is 11.5 Å². The van der Waals surface area contributed by atoms with Crippen LogP contribution in [0.2, 0.25) is 5.02 Å². The van der Waals surface area contributed by atoms with Gasteiger partial charge in [-0.3, -0.25) is 0 Å². The molecule has 0 amide bonds. The first-order valence-corrected chi connectivity index (χ1v) is 9.31. The van der Waals surface area contributed by atoms with Crippen LogP contribution < -0.4 is 20.1 Å². The standard InChI is InChI=1S/C21H23ClN4O2/c1-27-18-7-6-16(11-19(18)28-2)13-24-21-12-20(25-14-26-21)23-9-8-15-4-3-5-17(22)10-15/h3-7,10-12,14H,8-9,13H2,1-2H3,(H2,23,24,25,26). The van der Waals surface area contributed by atoms with Crippen LogP contribution >= 0.6 is 11.6 Å². The Morgan fingerprint density at radius 2 is 1.64 bits per heavy atom. The summed E-state index contributed by atoms with van der Waals surface area (Å²) in [6.07, 6.45) is 2.40. The molecule has 0 spiro atoms. The molecule has 0 atom stereocenters. The van der Waals surface area contributed by atoms with Gasteiger partial charge in [0.1, 0.15) is 18.0 Å². The van der Waals surface area contributed by atoms with Crippen molar-refractivity contribution in [3.05, 3.63) is 71.0 Å². The molecule has 0 bridgehead atoms. The lowest BCUT2D eigenvalue weighted by molar-refractivity contribution is 0.354. The zero-order valence-corrected chi connectivity index (χ0v) is 16.7. The monoisotopic (exact) mass is 398 g/mol. The molecule has 7 heteroatoms. The molecule has 0 aliphatic rings. The highest BCUT2D eigenvalue weighted by molar-refractivity contribution is 6.30. The summed E-state index contributed by atoms with van der Waals surface area (Å²) in [6, 6.07) is 15.6. The molecule has 0 fully saturated rings. The molecule has 0 aliphatic carbocycles. The van der Waals surface area contributed by atoms with Gasteiger partial charge in [-0.2, -0.15) is 0 Å². The Kier molecular flexibility index (Phi) is 6.92. The molecule has 0 radical (unpaired) electrons. The number of rotatable bonds is 9. The molecule has 1 aromatic heterocycles. The van der Waals surface area contributed by atoms with Crippen molar-refractivity contribution in [1.29, 1.82) is 0 Å². The van der Waals surface area contributed by atoms with Crippen molar-refractivity contribution in [2.24, 2.45) is 0 Å². The van der Waals surface area contributed by atoms with E-state index in [0.717, 1.165) is 35.2 Å². The Balaban J connectivity index is 1.54. The van der Waals surface area contributed by atoms with Crippen molar-refractivity contribution >= 4 is 23.2 Å². The van der Waals surface area contributed by atoms with E-state index in [2.05, 4.69) is 26.7 Å². The highest BCUT2D eigenvalue weighted by Gasteiger charge is 2.05. The average molecular weight is 399 g/mol. The van der Waals surface area contributed by atoms with Crippen LogP contribution in [0, 0.1) is 0 Å². The highest BCUT2D eigenvalue weighted by atomic mass is 35.5. The molecular formula is C21H23ClN4O2. The smallest absolute Gasteiger partial charge is 0.161 e. The Labute approximate surface area is 169 Å². The SMILES string of the molecule is COc1ccc(CNc2cc(NCCc3cccc(Cl)c3)ncn2)cc1OC. The maximum Gasteiger partial charge on any atom is 0.161 e. The minimum atomic E-state index is 0.610. The number of ether oxygens (including phenoxy) is 2. The van der Waals surface area contributed by atoms with Gasteiger partial charge in [0.05, 0.1) is 14.2 Å². The van der Waals surface area contributed by atoms with Crippen LogP contribution in [0.4, 0.5) is 11.6 Å². The maximum atomic E-state index is 6.02. The number of halogens is 1. The Bertz CT molecular complexity index is 920. The second kappa shape index (κ2) is 9.80. The first kappa shape index (κ1) is 19.8. The van der Waals surface area contributed by atoms with E-state index in [-0.39, 0.29) is 0 Å². The van der Waals surface area contributed by atoms with E-state index in [0.29, 0.717) is 18.0 Å². The van der Waals surface area contributed by atoms with Gasteiger partial charge < -0.3 is 20.1 Å². The molecule has 3 aromatic rings. The Morgan fingerprint density at radius 3 is 2.39 bits per heavy atom. The fourth-order valence-electron chi connectivity index (χ4n) is 2.76. The molecule has 0 saturated carbocycles. The van der Waals surface area contributed by atoms with E-state index in [1.807, 2.05) is 42.5 Å². The van der Waals surface area contributed by atoms with Crippen molar-refractivity contribution in [2.75, 3.05) is 31.4 Å². The molecule has 2 N–H and O–H groups in total. The van der Waals surface area contributed by atoms with Gasteiger partial charge in [-0.1, -0.05) is 29.8 Å². The summed E-state index contributed by atoms with van der Waals surface area (Å²) in [5, 5.41) is 7.37. The third-order valence-electron chi connectivity index (χ3n) is 4.20. The van der Waals surface area contributed by atoms with E-state index in [4.69, 9.17) is 21.1 Å². The number of anilines is 2. The molecule has 6 nitrogen and oxygen atoms in total. The van der Waals surface area contributed by atoms with Gasteiger partial charge in [-0.05, 0) is 41.8 Å². The second-order valence-electron chi connectivity index (χ2n) is 6.14. The van der Waals surface area contributed by atoms with Crippen LogP contribution in [0.3, 0.4) is 0 Å². The molecule has 0 unspecified atom stereocenters. The third-order valence-corrected chi connectivity index (χ3v) is 4.43. The molecule has 2 aromatic carbocycles. The number of nitrogens with zero attached hydrogens (tertiary/aromatic N) is 2. The second-order valence-corrected chi connectivity index (χ2v) is 6.57. The van der Waals surface area contributed by atoms with Gasteiger partial charge in [-0.25, -0.2) is 9.97 Å². The van der Waals surface area contributed by atoms with E-state index in [9.17, 15) is 0 Å². The Morgan fingerprint density at radius 1 is 0.857 bits per heavy atom. The number of nitrogens with one attached hydrogen (secondary N) is 2. The van der Waals surface area contributed by atoms with Crippen LogP contribution in [0.25, 0.3) is 0 Å². The molecule has 146 valence electrons. The van der Waals surface area contributed by atoms with E-state index in [1.165, 1.54) is 5.56 Å². The summed E-state index contributed by atoms with van der Waals surface area (Å²) in [5.74, 6) is 2.93. The summed E-state index contributed by atoms with van der Waals surface area (Å²) in [4.78, 5) is 8.54. The summed E-state index contributed by atoms with van der Waals surface area (Å²) >= 11 is 6.02. The highest BCUT2D eigenvalue weighted by Crippen LogP contribution is 2.27. The van der Waals surface area contributed by atoms with Gasteiger partial charge in [0, 0.05) is 24.2 Å². The lowest BCUT2D eigenvalue weighted by Gasteiger charge is -2.11. The summed E-state index contributed by atoms with van der Waals surface area (Å²) in [7, 11) is 3.25. The van der Waals surface area contributed by atoms with Crippen molar-refractivity contribution in [3.8, 4) is 11.5 Å². The molecule has 28 heavy (non-hydrogen) atoms. The van der Waals surface area contributed by atoms with Gasteiger partial charge in [0.2, 0.25) is 0 Å². The van der Waals surface area contributed by atoms with Crippen LogP contribution in [-0.2, 0) is 13.0 Å². The van der Waals surface area contributed by atoms with Crippen LogP contribution in [-0.4, -0.2) is 30.7 Å².